The van der Waals surface area contributed by atoms with Crippen LogP contribution in [-0.2, 0) is 0 Å². The molecule has 0 unspecified atom stereocenters. The zero-order valence-electron chi connectivity index (χ0n) is 9.93. The molecule has 0 aromatic rings. The molecule has 1 heterocycles. The smallest absolute Gasteiger partial charge is 0.0125 e. The minimum absolute atomic E-state index is 0.369. The van der Waals surface area contributed by atoms with Gasteiger partial charge in [-0.05, 0) is 52.0 Å². The van der Waals surface area contributed by atoms with Gasteiger partial charge in [0.1, 0.15) is 0 Å². The first-order valence-electron chi connectivity index (χ1n) is 5.66. The maximum Gasteiger partial charge on any atom is 0.0125 e. The van der Waals surface area contributed by atoms with Gasteiger partial charge in [-0.1, -0.05) is 13.8 Å². The van der Waals surface area contributed by atoms with Gasteiger partial charge in [0.05, 0.1) is 0 Å². The molecule has 1 saturated heterocycles. The van der Waals surface area contributed by atoms with Crippen LogP contribution in [0.5, 0.6) is 0 Å². The highest BCUT2D eigenvalue weighted by molar-refractivity contribution is 4.83. The van der Waals surface area contributed by atoms with E-state index in [1.807, 2.05) is 0 Å². The van der Waals surface area contributed by atoms with Crippen molar-refractivity contribution in [1.82, 2.24) is 4.90 Å². The van der Waals surface area contributed by atoms with E-state index in [1.54, 1.807) is 0 Å². The highest BCUT2D eigenvalue weighted by Crippen LogP contribution is 2.27. The van der Waals surface area contributed by atoms with Gasteiger partial charge in [-0.25, -0.2) is 0 Å². The van der Waals surface area contributed by atoms with Crippen molar-refractivity contribution < 1.29 is 0 Å². The zero-order valence-corrected chi connectivity index (χ0v) is 9.93. The summed E-state index contributed by atoms with van der Waals surface area (Å²) in [6.45, 7) is 14.3. The van der Waals surface area contributed by atoms with Gasteiger partial charge in [0, 0.05) is 12.1 Å². The molecule has 13 heavy (non-hydrogen) atoms. The first-order valence-corrected chi connectivity index (χ1v) is 5.66. The molecule has 0 aromatic heterocycles. The third kappa shape index (κ3) is 2.98. The van der Waals surface area contributed by atoms with Crippen molar-refractivity contribution in [3.05, 3.63) is 0 Å². The Balaban J connectivity index is 2.52. The first-order chi connectivity index (χ1) is 5.91. The minimum Gasteiger partial charge on any atom is -0.298 e. The summed E-state index contributed by atoms with van der Waals surface area (Å²) in [5.74, 6) is 1.78. The van der Waals surface area contributed by atoms with Crippen molar-refractivity contribution in [2.24, 2.45) is 11.8 Å². The van der Waals surface area contributed by atoms with Crippen LogP contribution in [0.25, 0.3) is 0 Å². The lowest BCUT2D eigenvalue weighted by molar-refractivity contribution is 0.0640. The van der Waals surface area contributed by atoms with Crippen molar-refractivity contribution >= 4 is 0 Å². The molecule has 0 radical (unpaired) electrons. The number of hydrogen-bond donors (Lipinski definition) is 0. The van der Waals surface area contributed by atoms with Gasteiger partial charge in [-0.2, -0.15) is 0 Å². The van der Waals surface area contributed by atoms with Crippen molar-refractivity contribution in [2.45, 2.75) is 53.0 Å². The van der Waals surface area contributed by atoms with E-state index in [2.05, 4.69) is 39.5 Å². The maximum absolute atomic E-state index is 2.64. The lowest BCUT2D eigenvalue weighted by atomic mass is 9.86. The predicted octanol–water partition coefficient (Wildman–Crippen LogP) is 3.15. The number of piperidine rings is 1. The van der Waals surface area contributed by atoms with Gasteiger partial charge in [-0.15, -0.1) is 0 Å². The fourth-order valence-electron chi connectivity index (χ4n) is 2.16. The third-order valence-corrected chi connectivity index (χ3v) is 3.35. The van der Waals surface area contributed by atoms with Gasteiger partial charge in [-0.3, -0.25) is 4.90 Å². The van der Waals surface area contributed by atoms with Crippen LogP contribution < -0.4 is 0 Å². The summed E-state index contributed by atoms with van der Waals surface area (Å²) >= 11 is 0. The van der Waals surface area contributed by atoms with Gasteiger partial charge < -0.3 is 0 Å². The molecule has 0 aromatic carbocycles. The van der Waals surface area contributed by atoms with E-state index in [1.165, 1.54) is 25.9 Å². The van der Waals surface area contributed by atoms with Crippen LogP contribution in [0, 0.1) is 11.8 Å². The van der Waals surface area contributed by atoms with Crippen molar-refractivity contribution in [3.63, 3.8) is 0 Å². The molecule has 78 valence electrons. The lowest BCUT2D eigenvalue weighted by Gasteiger charge is -2.42. The highest BCUT2D eigenvalue weighted by Gasteiger charge is 2.28. The minimum atomic E-state index is 0.369. The Hall–Kier alpha value is -0.0400. The average Bonchev–Trinajstić information content (AvgIpc) is 2.03. The summed E-state index contributed by atoms with van der Waals surface area (Å²) in [6.07, 6.45) is 2.82. The Morgan fingerprint density at radius 1 is 1.23 bits per heavy atom. The van der Waals surface area contributed by atoms with E-state index in [9.17, 15) is 0 Å². The Bertz CT molecular complexity index is 155. The van der Waals surface area contributed by atoms with Crippen LogP contribution in [0.4, 0.5) is 0 Å². The van der Waals surface area contributed by atoms with E-state index in [0.29, 0.717) is 5.54 Å². The molecule has 1 atom stereocenters. The summed E-state index contributed by atoms with van der Waals surface area (Å²) < 4.78 is 0. The zero-order chi connectivity index (χ0) is 10.1. The standard InChI is InChI=1S/C12H25N/c1-10(2)11-7-6-8-13(9-11)12(3,4)5/h10-11H,6-9H2,1-5H3/t11-/m0/s1. The monoisotopic (exact) mass is 183 g/mol. The maximum atomic E-state index is 2.64. The molecule has 1 fully saturated rings. The van der Waals surface area contributed by atoms with Gasteiger partial charge >= 0.3 is 0 Å². The molecule has 0 bridgehead atoms. The number of rotatable bonds is 1. The van der Waals surface area contributed by atoms with Crippen molar-refractivity contribution in [1.29, 1.82) is 0 Å². The molecule has 0 aliphatic carbocycles. The van der Waals surface area contributed by atoms with Crippen LogP contribution in [0.1, 0.15) is 47.5 Å². The van der Waals surface area contributed by atoms with Gasteiger partial charge in [0.25, 0.3) is 0 Å². The largest absolute Gasteiger partial charge is 0.298 e. The Kier molecular flexibility index (Phi) is 3.39. The van der Waals surface area contributed by atoms with E-state index in [-0.39, 0.29) is 0 Å². The van der Waals surface area contributed by atoms with Crippen LogP contribution in [-0.4, -0.2) is 23.5 Å². The summed E-state index contributed by atoms with van der Waals surface area (Å²) in [5, 5.41) is 0. The topological polar surface area (TPSA) is 3.24 Å². The molecular weight excluding hydrogens is 158 g/mol. The Labute approximate surface area is 83.5 Å². The van der Waals surface area contributed by atoms with Crippen molar-refractivity contribution in [3.8, 4) is 0 Å². The predicted molar refractivity (Wildman–Crippen MR) is 58.9 cm³/mol. The molecule has 1 aliphatic rings. The molecule has 1 heteroatoms. The summed E-state index contributed by atoms with van der Waals surface area (Å²) in [7, 11) is 0. The van der Waals surface area contributed by atoms with E-state index >= 15 is 0 Å². The SMILES string of the molecule is CC(C)[C@H]1CCCN(C(C)(C)C)C1. The van der Waals surface area contributed by atoms with E-state index in [0.717, 1.165) is 11.8 Å². The fraction of sp³-hybridized carbons (Fsp3) is 1.00. The number of likely N-dealkylation sites (tertiary alicyclic amines) is 1. The molecule has 0 spiro atoms. The summed E-state index contributed by atoms with van der Waals surface area (Å²) in [5.41, 5.74) is 0.369. The summed E-state index contributed by atoms with van der Waals surface area (Å²) in [4.78, 5) is 2.64. The highest BCUT2D eigenvalue weighted by atomic mass is 15.2. The van der Waals surface area contributed by atoms with Crippen LogP contribution in [0.3, 0.4) is 0 Å². The van der Waals surface area contributed by atoms with Gasteiger partial charge in [0.2, 0.25) is 0 Å². The second-order valence-electron chi connectivity index (χ2n) is 5.76. The third-order valence-electron chi connectivity index (χ3n) is 3.35. The van der Waals surface area contributed by atoms with Gasteiger partial charge in [0.15, 0.2) is 0 Å². The molecule has 1 nitrogen and oxygen atoms in total. The second kappa shape index (κ2) is 4.00. The van der Waals surface area contributed by atoms with E-state index < -0.39 is 0 Å². The summed E-state index contributed by atoms with van der Waals surface area (Å²) in [6, 6.07) is 0. The fourth-order valence-corrected chi connectivity index (χ4v) is 2.16. The van der Waals surface area contributed by atoms with Crippen LogP contribution >= 0.6 is 0 Å². The lowest BCUT2D eigenvalue weighted by Crippen LogP contribution is -2.48. The van der Waals surface area contributed by atoms with Crippen LogP contribution in [0.15, 0.2) is 0 Å². The first kappa shape index (κ1) is 11.0. The molecule has 0 saturated carbocycles. The Morgan fingerprint density at radius 3 is 2.31 bits per heavy atom. The number of hydrogen-bond acceptors (Lipinski definition) is 1. The molecule has 1 aliphatic heterocycles. The molecule has 0 amide bonds. The second-order valence-corrected chi connectivity index (χ2v) is 5.76. The van der Waals surface area contributed by atoms with Crippen molar-refractivity contribution in [2.75, 3.05) is 13.1 Å². The molecular formula is C12H25N. The Morgan fingerprint density at radius 2 is 1.85 bits per heavy atom. The molecule has 0 N–H and O–H groups in total. The quantitative estimate of drug-likeness (QED) is 0.603. The average molecular weight is 183 g/mol. The normalized spacial score (nSPS) is 26.8. The number of nitrogens with zero attached hydrogens (tertiary/aromatic N) is 1. The van der Waals surface area contributed by atoms with E-state index in [4.69, 9.17) is 0 Å². The van der Waals surface area contributed by atoms with Crippen LogP contribution in [0.2, 0.25) is 0 Å². The molecule has 1 rings (SSSR count).